The van der Waals surface area contributed by atoms with E-state index in [9.17, 15) is 9.90 Å². The smallest absolute Gasteiger partial charge is 0.335 e. The minimum Gasteiger partial charge on any atom is -0.494 e. The summed E-state index contributed by atoms with van der Waals surface area (Å²) in [4.78, 5) is 18.0. The van der Waals surface area contributed by atoms with Gasteiger partial charge in [0.2, 0.25) is 0 Å². The van der Waals surface area contributed by atoms with Crippen molar-refractivity contribution in [1.82, 2.24) is 10.3 Å². The van der Waals surface area contributed by atoms with Crippen LogP contribution in [0.25, 0.3) is 11.3 Å². The number of anilines is 1. The third kappa shape index (κ3) is 4.43. The maximum Gasteiger partial charge on any atom is 0.335 e. The average Bonchev–Trinajstić information content (AvgIpc) is 3.50. The number of carboxylic acid groups (broad SMARTS) is 1. The Bertz CT molecular complexity index is 1400. The number of aryl methyl sites for hydroxylation is 1. The predicted octanol–water partition coefficient (Wildman–Crippen LogP) is 5.92. The molecule has 3 heterocycles. The van der Waals surface area contributed by atoms with Gasteiger partial charge in [0.1, 0.15) is 23.3 Å². The zero-order valence-electron chi connectivity index (χ0n) is 19.8. The van der Waals surface area contributed by atoms with Crippen LogP contribution in [0.1, 0.15) is 46.4 Å². The summed E-state index contributed by atoms with van der Waals surface area (Å²) >= 11 is 5.78. The maximum absolute atomic E-state index is 11.3. The number of benzene rings is 2. The first kappa shape index (κ1) is 23.6. The van der Waals surface area contributed by atoms with Gasteiger partial charge in [-0.2, -0.15) is 0 Å². The van der Waals surface area contributed by atoms with Gasteiger partial charge in [-0.3, -0.25) is 4.98 Å². The highest BCUT2D eigenvalue weighted by molar-refractivity contribution is 7.80. The van der Waals surface area contributed by atoms with Crippen molar-refractivity contribution in [3.8, 4) is 17.1 Å². The molecule has 2 aromatic carbocycles. The van der Waals surface area contributed by atoms with Gasteiger partial charge in [0.05, 0.1) is 23.9 Å². The summed E-state index contributed by atoms with van der Waals surface area (Å²) in [5.74, 6) is 1.20. The summed E-state index contributed by atoms with van der Waals surface area (Å²) in [6.45, 7) is 4.42. The van der Waals surface area contributed by atoms with Gasteiger partial charge in [-0.15, -0.1) is 0 Å². The van der Waals surface area contributed by atoms with Crippen molar-refractivity contribution in [3.63, 3.8) is 0 Å². The first-order valence-corrected chi connectivity index (χ1v) is 12.0. The van der Waals surface area contributed by atoms with Gasteiger partial charge in [-0.05, 0) is 92.3 Å². The number of aromatic nitrogens is 1. The van der Waals surface area contributed by atoms with E-state index < -0.39 is 5.97 Å². The van der Waals surface area contributed by atoms with Crippen molar-refractivity contribution in [3.05, 3.63) is 102 Å². The number of rotatable bonds is 7. The molecule has 0 aliphatic carbocycles. The number of hydrogen-bond donors (Lipinski definition) is 2. The normalized spacial score (nSPS) is 17.2. The number of ether oxygens (including phenoxy) is 1. The Morgan fingerprint density at radius 1 is 1.14 bits per heavy atom. The van der Waals surface area contributed by atoms with E-state index in [2.05, 4.69) is 10.3 Å². The highest BCUT2D eigenvalue weighted by Gasteiger charge is 2.42. The van der Waals surface area contributed by atoms with Crippen LogP contribution in [0.3, 0.4) is 0 Å². The molecule has 36 heavy (non-hydrogen) atoms. The van der Waals surface area contributed by atoms with Gasteiger partial charge < -0.3 is 24.5 Å². The standard InChI is InChI=1S/C28H25N3O4S/c1-3-34-20-10-8-19(9-11-20)31-26(25(30-28(31)36)22-6-4-5-15-29-22)24-14-13-23(35-24)21-12-7-18(27(32)33)16-17(21)2/h4-16,25-26H,3H2,1-2H3,(H,30,36)(H,32,33)/t25-,26+/m0/s1. The lowest BCUT2D eigenvalue weighted by atomic mass is 10.0. The van der Waals surface area contributed by atoms with Crippen LogP contribution in [0.5, 0.6) is 5.75 Å². The van der Waals surface area contributed by atoms with Crippen molar-refractivity contribution in [2.75, 3.05) is 11.5 Å². The molecule has 2 aromatic heterocycles. The van der Waals surface area contributed by atoms with Gasteiger partial charge in [0, 0.05) is 17.4 Å². The van der Waals surface area contributed by atoms with Gasteiger partial charge in [-0.25, -0.2) is 4.79 Å². The second-order valence-electron chi connectivity index (χ2n) is 8.46. The second kappa shape index (κ2) is 9.83. The zero-order chi connectivity index (χ0) is 25.2. The van der Waals surface area contributed by atoms with Crippen LogP contribution in [0, 0.1) is 6.92 Å². The third-order valence-corrected chi connectivity index (χ3v) is 6.50. The van der Waals surface area contributed by atoms with Gasteiger partial charge in [0.25, 0.3) is 0 Å². The minimum atomic E-state index is -0.959. The molecule has 5 rings (SSSR count). The van der Waals surface area contributed by atoms with Crippen LogP contribution in [-0.4, -0.2) is 27.8 Å². The SMILES string of the molecule is CCOc1ccc(N2C(=S)N[C@@H](c3ccccn3)[C@H]2c2ccc(-c3ccc(C(=O)O)cc3C)o2)cc1. The molecule has 0 spiro atoms. The Hall–Kier alpha value is -4.17. The number of thiocarbonyl (C=S) groups is 1. The van der Waals surface area contributed by atoms with E-state index in [0.29, 0.717) is 23.2 Å². The van der Waals surface area contributed by atoms with Gasteiger partial charge >= 0.3 is 5.97 Å². The van der Waals surface area contributed by atoms with E-state index in [1.165, 1.54) is 0 Å². The molecule has 2 atom stereocenters. The molecule has 2 N–H and O–H groups in total. The molecule has 7 nitrogen and oxygen atoms in total. The maximum atomic E-state index is 11.3. The Kier molecular flexibility index (Phi) is 6.43. The van der Waals surface area contributed by atoms with E-state index in [1.54, 1.807) is 24.4 Å². The van der Waals surface area contributed by atoms with Gasteiger partial charge in [0.15, 0.2) is 5.11 Å². The number of aromatic carboxylic acids is 1. The minimum absolute atomic E-state index is 0.236. The monoisotopic (exact) mass is 499 g/mol. The fraction of sp³-hybridized carbons (Fsp3) is 0.179. The lowest BCUT2D eigenvalue weighted by molar-refractivity contribution is 0.0696. The summed E-state index contributed by atoms with van der Waals surface area (Å²) in [5, 5.41) is 13.3. The quantitative estimate of drug-likeness (QED) is 0.303. The van der Waals surface area contributed by atoms with Crippen molar-refractivity contribution in [2.45, 2.75) is 25.9 Å². The third-order valence-electron chi connectivity index (χ3n) is 6.18. The number of furan rings is 1. The Balaban J connectivity index is 1.56. The topological polar surface area (TPSA) is 87.8 Å². The summed E-state index contributed by atoms with van der Waals surface area (Å²) in [6.07, 6.45) is 1.76. The van der Waals surface area contributed by atoms with Crippen molar-refractivity contribution in [2.24, 2.45) is 0 Å². The second-order valence-corrected chi connectivity index (χ2v) is 8.85. The van der Waals surface area contributed by atoms with Gasteiger partial charge in [-0.1, -0.05) is 12.1 Å². The molecular weight excluding hydrogens is 474 g/mol. The average molecular weight is 500 g/mol. The van der Waals surface area contributed by atoms with E-state index in [1.807, 2.05) is 73.3 Å². The van der Waals surface area contributed by atoms with E-state index in [0.717, 1.165) is 28.3 Å². The predicted molar refractivity (Wildman–Crippen MR) is 141 cm³/mol. The van der Waals surface area contributed by atoms with E-state index >= 15 is 0 Å². The number of carbonyl (C=O) groups is 1. The summed E-state index contributed by atoms with van der Waals surface area (Å²) in [5.41, 5.74) is 3.64. The summed E-state index contributed by atoms with van der Waals surface area (Å²) in [7, 11) is 0. The van der Waals surface area contributed by atoms with E-state index in [-0.39, 0.29) is 17.6 Å². The van der Waals surface area contributed by atoms with Crippen LogP contribution in [0.4, 0.5) is 5.69 Å². The van der Waals surface area contributed by atoms with Crippen molar-refractivity contribution in [1.29, 1.82) is 0 Å². The molecule has 0 unspecified atom stereocenters. The zero-order valence-corrected chi connectivity index (χ0v) is 20.7. The van der Waals surface area contributed by atoms with Crippen LogP contribution in [0.2, 0.25) is 0 Å². The highest BCUT2D eigenvalue weighted by atomic mass is 32.1. The first-order valence-electron chi connectivity index (χ1n) is 11.6. The Morgan fingerprint density at radius 3 is 2.61 bits per heavy atom. The molecule has 1 aliphatic rings. The molecule has 8 heteroatoms. The number of hydrogen-bond acceptors (Lipinski definition) is 5. The molecule has 0 bridgehead atoms. The fourth-order valence-electron chi connectivity index (χ4n) is 4.52. The molecule has 1 saturated heterocycles. The molecule has 1 fully saturated rings. The molecule has 182 valence electrons. The first-order chi connectivity index (χ1) is 17.5. The highest BCUT2D eigenvalue weighted by Crippen LogP contribution is 2.43. The van der Waals surface area contributed by atoms with Crippen molar-refractivity contribution >= 4 is 29.0 Å². The molecule has 0 amide bonds. The number of pyridine rings is 1. The largest absolute Gasteiger partial charge is 0.494 e. The van der Waals surface area contributed by atoms with Crippen molar-refractivity contribution < 1.29 is 19.1 Å². The van der Waals surface area contributed by atoms with Crippen LogP contribution in [-0.2, 0) is 0 Å². The lowest BCUT2D eigenvalue weighted by Gasteiger charge is -2.26. The fourth-order valence-corrected chi connectivity index (χ4v) is 4.87. The summed E-state index contributed by atoms with van der Waals surface area (Å²) in [6, 6.07) is 21.9. The lowest BCUT2D eigenvalue weighted by Crippen LogP contribution is -2.29. The van der Waals surface area contributed by atoms with Crippen LogP contribution < -0.4 is 15.0 Å². The molecule has 4 aromatic rings. The Labute approximate surface area is 214 Å². The number of nitrogens with one attached hydrogen (secondary N) is 1. The molecule has 0 saturated carbocycles. The molecule has 0 radical (unpaired) electrons. The molecular formula is C28H25N3O4S. The number of carboxylic acids is 1. The van der Waals surface area contributed by atoms with Crippen LogP contribution in [0.15, 0.2) is 83.4 Å². The van der Waals surface area contributed by atoms with E-state index in [4.69, 9.17) is 21.4 Å². The number of nitrogens with zero attached hydrogens (tertiary/aromatic N) is 2. The summed E-state index contributed by atoms with van der Waals surface area (Å²) < 4.78 is 12.0. The Morgan fingerprint density at radius 2 is 1.94 bits per heavy atom. The molecule has 1 aliphatic heterocycles. The van der Waals surface area contributed by atoms with Crippen LogP contribution >= 0.6 is 12.2 Å².